The first kappa shape index (κ1) is 30.4. The zero-order valence-corrected chi connectivity index (χ0v) is 21.5. The Morgan fingerprint density at radius 1 is 1.00 bits per heavy atom. The van der Waals surface area contributed by atoms with Gasteiger partial charge in [-0.2, -0.15) is 0 Å². The molecule has 39 heavy (non-hydrogen) atoms. The molecule has 0 radical (unpaired) electrons. The Kier molecular flexibility index (Phi) is 8.83. The fraction of sp³-hybridized carbons (Fsp3) is 0.800. The number of phosphoric acid groups is 1. The number of aliphatic hydroxyl groups is 7. The number of rotatable bonds is 10. The standard InChI is InChI=1S/C20H31N2O16P/c1-9-5-22(18(29)21-17(9)28)16-2-10(25)15(34-16)8-33-39(32,37-19(30)3-11(26)13(6-23)35-19)38-20(31)4-12(27)14(7-24)36-20/h5,10-16,23-27,30-31H,2-4,6-8H2,1H3,(H,21,28,29)/t10-,11-,12-,13+,14+,15+,16+,19-,20-/m0/s1. The molecule has 1 aromatic heterocycles. The minimum atomic E-state index is -5.21. The summed E-state index contributed by atoms with van der Waals surface area (Å²) in [6.07, 6.45) is -9.62. The van der Waals surface area contributed by atoms with E-state index in [4.69, 9.17) is 27.8 Å². The molecule has 0 aliphatic carbocycles. The number of aliphatic hydroxyl groups excluding tert-OH is 5. The molecule has 3 saturated heterocycles. The Morgan fingerprint density at radius 3 is 2.03 bits per heavy atom. The van der Waals surface area contributed by atoms with E-state index in [0.29, 0.717) is 0 Å². The van der Waals surface area contributed by atoms with Crippen LogP contribution in [-0.4, -0.2) is 114 Å². The van der Waals surface area contributed by atoms with Gasteiger partial charge in [-0.1, -0.05) is 0 Å². The van der Waals surface area contributed by atoms with Crippen LogP contribution in [0.15, 0.2) is 15.8 Å². The van der Waals surface area contributed by atoms with Crippen molar-refractivity contribution < 1.29 is 68.1 Å². The van der Waals surface area contributed by atoms with Gasteiger partial charge in [0.1, 0.15) is 24.5 Å². The quantitative estimate of drug-likeness (QED) is 0.0965. The fourth-order valence-electron chi connectivity index (χ4n) is 4.37. The Labute approximate surface area is 219 Å². The monoisotopic (exact) mass is 586 g/mol. The molecule has 3 aliphatic rings. The van der Waals surface area contributed by atoms with E-state index < -0.39 is 107 Å². The minimum Gasteiger partial charge on any atom is -0.394 e. The first-order valence-electron chi connectivity index (χ1n) is 11.9. The van der Waals surface area contributed by atoms with E-state index in [1.54, 1.807) is 0 Å². The van der Waals surface area contributed by atoms with Crippen LogP contribution in [0, 0.1) is 6.92 Å². The van der Waals surface area contributed by atoms with E-state index in [9.17, 15) is 49.9 Å². The van der Waals surface area contributed by atoms with Gasteiger partial charge in [0.2, 0.25) is 0 Å². The van der Waals surface area contributed by atoms with Gasteiger partial charge in [0.25, 0.3) is 17.5 Å². The molecule has 0 aromatic carbocycles. The molecule has 9 atom stereocenters. The van der Waals surface area contributed by atoms with Crippen molar-refractivity contribution in [2.45, 2.75) is 81.0 Å². The summed E-state index contributed by atoms with van der Waals surface area (Å²) in [5.74, 6) is -5.69. The smallest absolute Gasteiger partial charge is 0.394 e. The lowest BCUT2D eigenvalue weighted by Gasteiger charge is -2.32. The Hall–Kier alpha value is -1.61. The predicted molar refractivity (Wildman–Crippen MR) is 121 cm³/mol. The normalized spacial score (nSPS) is 39.0. The molecule has 4 heterocycles. The molecule has 0 spiro atoms. The molecule has 19 heteroatoms. The van der Waals surface area contributed by atoms with Crippen molar-refractivity contribution in [2.24, 2.45) is 0 Å². The summed E-state index contributed by atoms with van der Waals surface area (Å²) in [6, 6.07) is 0. The van der Waals surface area contributed by atoms with E-state index in [2.05, 4.69) is 4.98 Å². The van der Waals surface area contributed by atoms with Gasteiger partial charge in [0.05, 0.1) is 51.0 Å². The topological polar surface area (TPSA) is 269 Å². The average Bonchev–Trinajstić information content (AvgIpc) is 3.45. The van der Waals surface area contributed by atoms with E-state index >= 15 is 0 Å². The number of nitrogens with one attached hydrogen (secondary N) is 1. The molecule has 18 nitrogen and oxygen atoms in total. The number of hydrogen-bond acceptors (Lipinski definition) is 16. The maximum atomic E-state index is 13.6. The number of aromatic nitrogens is 2. The Morgan fingerprint density at radius 2 is 1.54 bits per heavy atom. The molecular formula is C20H31N2O16P. The number of aryl methyl sites for hydroxylation is 1. The number of phosphoric ester groups is 1. The average molecular weight is 586 g/mol. The third-order valence-electron chi connectivity index (χ3n) is 6.39. The van der Waals surface area contributed by atoms with Crippen molar-refractivity contribution in [3.63, 3.8) is 0 Å². The van der Waals surface area contributed by atoms with Crippen LogP contribution in [0.1, 0.15) is 31.1 Å². The predicted octanol–water partition coefficient (Wildman–Crippen LogP) is -3.77. The lowest BCUT2D eigenvalue weighted by atomic mass is 10.2. The van der Waals surface area contributed by atoms with Crippen LogP contribution in [-0.2, 0) is 32.3 Å². The highest BCUT2D eigenvalue weighted by Gasteiger charge is 2.56. The van der Waals surface area contributed by atoms with E-state index in [0.717, 1.165) is 4.57 Å². The summed E-state index contributed by atoms with van der Waals surface area (Å²) in [6.45, 7) is -0.823. The van der Waals surface area contributed by atoms with E-state index in [1.807, 2.05) is 0 Å². The number of H-pyrrole nitrogens is 1. The van der Waals surface area contributed by atoms with Crippen molar-refractivity contribution >= 4 is 7.82 Å². The second-order valence-electron chi connectivity index (χ2n) is 9.48. The zero-order valence-electron chi connectivity index (χ0n) is 20.6. The number of hydrogen-bond donors (Lipinski definition) is 8. The summed E-state index contributed by atoms with van der Waals surface area (Å²) in [5.41, 5.74) is -1.22. The SMILES string of the molecule is Cc1cn([C@H]2C[C@H](O)[C@@H](COP(=O)(O[C@]3(O)C[C@H](O)[C@@H](CO)O3)O[C@]3(O)C[C@H](O)[C@@H](CO)O3)O2)c(=O)[nH]c1=O. The van der Waals surface area contributed by atoms with Crippen molar-refractivity contribution in [3.05, 3.63) is 32.6 Å². The van der Waals surface area contributed by atoms with Crippen molar-refractivity contribution in [2.75, 3.05) is 19.8 Å². The fourth-order valence-corrected chi connectivity index (χ4v) is 5.78. The second kappa shape index (κ2) is 11.3. The van der Waals surface area contributed by atoms with Crippen LogP contribution < -0.4 is 11.2 Å². The van der Waals surface area contributed by atoms with Gasteiger partial charge in [-0.25, -0.2) is 18.4 Å². The first-order chi connectivity index (χ1) is 18.2. The molecule has 4 rings (SSSR count). The van der Waals surface area contributed by atoms with Gasteiger partial charge in [0, 0.05) is 18.2 Å². The highest BCUT2D eigenvalue weighted by Crippen LogP contribution is 2.58. The van der Waals surface area contributed by atoms with Crippen LogP contribution in [0.4, 0.5) is 0 Å². The molecule has 0 amide bonds. The van der Waals surface area contributed by atoms with Crippen LogP contribution in [0.3, 0.4) is 0 Å². The van der Waals surface area contributed by atoms with Gasteiger partial charge < -0.3 is 50.0 Å². The molecule has 0 bridgehead atoms. The lowest BCUT2D eigenvalue weighted by molar-refractivity contribution is -0.344. The summed E-state index contributed by atoms with van der Waals surface area (Å²) >= 11 is 0. The summed E-state index contributed by atoms with van der Waals surface area (Å²) < 4.78 is 45.6. The minimum absolute atomic E-state index is 0.153. The number of ether oxygens (including phenoxy) is 3. The van der Waals surface area contributed by atoms with E-state index in [1.165, 1.54) is 13.1 Å². The lowest BCUT2D eigenvalue weighted by Crippen LogP contribution is -2.37. The van der Waals surface area contributed by atoms with Gasteiger partial charge in [-0.3, -0.25) is 18.9 Å². The summed E-state index contributed by atoms with van der Waals surface area (Å²) in [5, 5.41) is 70.2. The van der Waals surface area contributed by atoms with Crippen molar-refractivity contribution in [1.82, 2.24) is 9.55 Å². The van der Waals surface area contributed by atoms with Crippen molar-refractivity contribution in [1.29, 1.82) is 0 Å². The van der Waals surface area contributed by atoms with Gasteiger partial charge in [0.15, 0.2) is 0 Å². The Balaban J connectivity index is 1.51. The van der Waals surface area contributed by atoms with Gasteiger partial charge >= 0.3 is 13.5 Å². The zero-order chi connectivity index (χ0) is 28.8. The molecular weight excluding hydrogens is 555 g/mol. The molecule has 0 saturated carbocycles. The maximum Gasteiger partial charge on any atom is 0.483 e. The molecule has 8 N–H and O–H groups in total. The van der Waals surface area contributed by atoms with Gasteiger partial charge in [-0.05, 0) is 6.92 Å². The molecule has 3 fully saturated rings. The highest BCUT2D eigenvalue weighted by molar-refractivity contribution is 7.48. The van der Waals surface area contributed by atoms with Crippen LogP contribution in [0.2, 0.25) is 0 Å². The number of nitrogens with zero attached hydrogens (tertiary/aromatic N) is 1. The van der Waals surface area contributed by atoms with Crippen molar-refractivity contribution in [3.8, 4) is 0 Å². The summed E-state index contributed by atoms with van der Waals surface area (Å²) in [4.78, 5) is 25.9. The van der Waals surface area contributed by atoms with Gasteiger partial charge in [-0.15, -0.1) is 0 Å². The molecule has 1 aromatic rings. The third-order valence-corrected chi connectivity index (χ3v) is 7.87. The molecule has 3 aliphatic heterocycles. The maximum absolute atomic E-state index is 13.6. The number of aromatic amines is 1. The summed E-state index contributed by atoms with van der Waals surface area (Å²) in [7, 11) is -5.21. The third kappa shape index (κ3) is 6.66. The molecule has 222 valence electrons. The first-order valence-corrected chi connectivity index (χ1v) is 13.3. The van der Waals surface area contributed by atoms with Crippen LogP contribution in [0.5, 0.6) is 0 Å². The van der Waals surface area contributed by atoms with Crippen LogP contribution >= 0.6 is 7.82 Å². The molecule has 0 unspecified atom stereocenters. The highest BCUT2D eigenvalue weighted by atomic mass is 31.2. The van der Waals surface area contributed by atoms with E-state index in [-0.39, 0.29) is 12.0 Å². The Bertz CT molecular complexity index is 1150. The second-order valence-corrected chi connectivity index (χ2v) is 11.0. The largest absolute Gasteiger partial charge is 0.483 e. The van der Waals surface area contributed by atoms with Crippen LogP contribution in [0.25, 0.3) is 0 Å².